The molecule has 0 fully saturated rings. The molecule has 126 valence electrons. The van der Waals surface area contributed by atoms with Gasteiger partial charge in [-0.25, -0.2) is 8.42 Å². The molecule has 1 aliphatic heterocycles. The molecule has 0 unspecified atom stereocenters. The SMILES string of the molecule is CC(C)Cn1cc(NS(=O)(=O)c2ccc3c(c2)C(=O)C(=O)N3)cn1. The number of amides is 1. The van der Waals surface area contributed by atoms with Crippen LogP contribution in [-0.4, -0.2) is 29.9 Å². The van der Waals surface area contributed by atoms with Crippen molar-refractivity contribution in [2.24, 2.45) is 5.92 Å². The van der Waals surface area contributed by atoms with Crippen LogP contribution in [0.3, 0.4) is 0 Å². The summed E-state index contributed by atoms with van der Waals surface area (Å²) in [7, 11) is -3.89. The van der Waals surface area contributed by atoms with E-state index in [4.69, 9.17) is 0 Å². The molecule has 0 saturated carbocycles. The Balaban J connectivity index is 1.85. The first kappa shape index (κ1) is 16.2. The number of fused-ring (bicyclic) bond motifs is 1. The Bertz CT molecular complexity index is 931. The van der Waals surface area contributed by atoms with Crippen LogP contribution in [0.4, 0.5) is 11.4 Å². The lowest BCUT2D eigenvalue weighted by Crippen LogP contribution is -2.14. The quantitative estimate of drug-likeness (QED) is 0.795. The van der Waals surface area contributed by atoms with E-state index in [1.807, 2.05) is 13.8 Å². The van der Waals surface area contributed by atoms with Crippen LogP contribution in [0.2, 0.25) is 0 Å². The smallest absolute Gasteiger partial charge is 0.296 e. The number of carbonyl (C=O) groups is 2. The summed E-state index contributed by atoms with van der Waals surface area (Å²) in [6.07, 6.45) is 3.02. The van der Waals surface area contributed by atoms with Gasteiger partial charge in [0.15, 0.2) is 0 Å². The van der Waals surface area contributed by atoms with Crippen LogP contribution in [0.5, 0.6) is 0 Å². The number of rotatable bonds is 5. The highest BCUT2D eigenvalue weighted by Gasteiger charge is 2.29. The molecule has 0 saturated heterocycles. The Hall–Kier alpha value is -2.68. The number of anilines is 2. The van der Waals surface area contributed by atoms with Crippen molar-refractivity contribution < 1.29 is 18.0 Å². The van der Waals surface area contributed by atoms with E-state index in [-0.39, 0.29) is 10.5 Å². The van der Waals surface area contributed by atoms with Gasteiger partial charge in [0, 0.05) is 12.7 Å². The Morgan fingerprint density at radius 1 is 1.29 bits per heavy atom. The van der Waals surface area contributed by atoms with Crippen molar-refractivity contribution in [3.8, 4) is 0 Å². The minimum Gasteiger partial charge on any atom is -0.318 e. The van der Waals surface area contributed by atoms with E-state index in [1.54, 1.807) is 10.9 Å². The molecule has 2 heterocycles. The fourth-order valence-corrected chi connectivity index (χ4v) is 3.45. The number of Topliss-reactive ketones (excluding diaryl/α,β-unsaturated/α-hetero) is 1. The van der Waals surface area contributed by atoms with Crippen molar-refractivity contribution in [3.63, 3.8) is 0 Å². The van der Waals surface area contributed by atoms with Crippen LogP contribution in [-0.2, 0) is 21.4 Å². The highest BCUT2D eigenvalue weighted by atomic mass is 32.2. The summed E-state index contributed by atoms with van der Waals surface area (Å²) < 4.78 is 29.0. The van der Waals surface area contributed by atoms with Gasteiger partial charge in [0.1, 0.15) is 0 Å². The van der Waals surface area contributed by atoms with E-state index in [0.717, 1.165) is 0 Å². The number of benzene rings is 1. The largest absolute Gasteiger partial charge is 0.318 e. The van der Waals surface area contributed by atoms with Gasteiger partial charge in [-0.1, -0.05) is 13.8 Å². The minimum atomic E-state index is -3.89. The molecule has 1 amide bonds. The highest BCUT2D eigenvalue weighted by molar-refractivity contribution is 7.92. The molecule has 2 aromatic rings. The van der Waals surface area contributed by atoms with Crippen molar-refractivity contribution in [2.45, 2.75) is 25.3 Å². The maximum Gasteiger partial charge on any atom is 0.296 e. The minimum absolute atomic E-state index is 0.0541. The maximum atomic E-state index is 12.5. The molecule has 0 aliphatic carbocycles. The van der Waals surface area contributed by atoms with Crippen LogP contribution in [0.1, 0.15) is 24.2 Å². The molecule has 0 spiro atoms. The number of nitrogens with one attached hydrogen (secondary N) is 2. The molecule has 0 radical (unpaired) electrons. The molecule has 0 atom stereocenters. The summed E-state index contributed by atoms with van der Waals surface area (Å²) in [5, 5.41) is 6.47. The van der Waals surface area contributed by atoms with Gasteiger partial charge in [0.25, 0.3) is 21.7 Å². The maximum absolute atomic E-state index is 12.5. The van der Waals surface area contributed by atoms with Crippen LogP contribution >= 0.6 is 0 Å². The Kier molecular flexibility index (Phi) is 3.88. The first-order valence-corrected chi connectivity index (χ1v) is 8.79. The second kappa shape index (κ2) is 5.75. The van der Waals surface area contributed by atoms with Crippen molar-refractivity contribution in [3.05, 3.63) is 36.2 Å². The van der Waals surface area contributed by atoms with Crippen molar-refractivity contribution in [1.29, 1.82) is 0 Å². The third-order valence-corrected chi connectivity index (χ3v) is 4.82. The lowest BCUT2D eigenvalue weighted by Gasteiger charge is -2.07. The third-order valence-electron chi connectivity index (χ3n) is 3.44. The Labute approximate surface area is 138 Å². The van der Waals surface area contributed by atoms with E-state index in [2.05, 4.69) is 15.1 Å². The molecule has 1 aromatic carbocycles. The number of nitrogens with zero attached hydrogens (tertiary/aromatic N) is 2. The zero-order chi connectivity index (χ0) is 17.5. The average Bonchev–Trinajstić information content (AvgIpc) is 3.03. The number of hydrogen-bond acceptors (Lipinski definition) is 5. The third kappa shape index (κ3) is 3.02. The zero-order valence-corrected chi connectivity index (χ0v) is 13.9. The average molecular weight is 348 g/mol. The van der Waals surface area contributed by atoms with E-state index in [9.17, 15) is 18.0 Å². The van der Waals surface area contributed by atoms with Gasteiger partial charge in [-0.2, -0.15) is 5.10 Å². The van der Waals surface area contributed by atoms with Gasteiger partial charge in [0.05, 0.1) is 28.0 Å². The number of carbonyl (C=O) groups excluding carboxylic acids is 2. The van der Waals surface area contributed by atoms with Gasteiger partial charge in [-0.15, -0.1) is 0 Å². The van der Waals surface area contributed by atoms with E-state index in [0.29, 0.717) is 23.8 Å². The van der Waals surface area contributed by atoms with Crippen LogP contribution < -0.4 is 10.0 Å². The second-order valence-corrected chi connectivity index (χ2v) is 7.62. The van der Waals surface area contributed by atoms with Gasteiger partial charge in [0.2, 0.25) is 0 Å². The van der Waals surface area contributed by atoms with E-state index < -0.39 is 21.7 Å². The van der Waals surface area contributed by atoms with Crippen molar-refractivity contribution >= 4 is 33.1 Å². The molecule has 2 N–H and O–H groups in total. The van der Waals surface area contributed by atoms with Gasteiger partial charge in [-0.05, 0) is 24.1 Å². The molecule has 8 nitrogen and oxygen atoms in total. The van der Waals surface area contributed by atoms with Crippen LogP contribution in [0.25, 0.3) is 0 Å². The normalized spacial score (nSPS) is 14.0. The first-order chi connectivity index (χ1) is 11.3. The molecular weight excluding hydrogens is 332 g/mol. The van der Waals surface area contributed by atoms with Crippen molar-refractivity contribution in [2.75, 3.05) is 10.0 Å². The van der Waals surface area contributed by atoms with E-state index >= 15 is 0 Å². The topological polar surface area (TPSA) is 110 Å². The standard InChI is InChI=1S/C15H16N4O4S/c1-9(2)7-19-8-10(6-16-19)18-24(22,23)11-3-4-13-12(5-11)14(20)15(21)17-13/h3-6,8-9,18H,7H2,1-2H3,(H,17,20,21). The highest BCUT2D eigenvalue weighted by Crippen LogP contribution is 2.26. The fraction of sp³-hybridized carbons (Fsp3) is 0.267. The summed E-state index contributed by atoms with van der Waals surface area (Å²) in [5.74, 6) is -1.13. The molecule has 9 heteroatoms. The summed E-state index contributed by atoms with van der Waals surface area (Å²) in [4.78, 5) is 22.9. The molecule has 1 aromatic heterocycles. The summed E-state index contributed by atoms with van der Waals surface area (Å²) in [5.41, 5.74) is 0.698. The fourth-order valence-electron chi connectivity index (χ4n) is 2.39. The zero-order valence-electron chi connectivity index (χ0n) is 13.1. The summed E-state index contributed by atoms with van der Waals surface area (Å²) >= 11 is 0. The molecular formula is C15H16N4O4S. The molecule has 24 heavy (non-hydrogen) atoms. The number of hydrogen-bond donors (Lipinski definition) is 2. The lowest BCUT2D eigenvalue weighted by molar-refractivity contribution is -0.112. The van der Waals surface area contributed by atoms with Crippen molar-refractivity contribution in [1.82, 2.24) is 9.78 Å². The van der Waals surface area contributed by atoms with Crippen LogP contribution in [0.15, 0.2) is 35.5 Å². The predicted molar refractivity (Wildman–Crippen MR) is 87.3 cm³/mol. The Morgan fingerprint density at radius 2 is 2.04 bits per heavy atom. The van der Waals surface area contributed by atoms with Crippen LogP contribution in [0, 0.1) is 5.92 Å². The summed E-state index contributed by atoms with van der Waals surface area (Å²) in [6.45, 7) is 4.73. The van der Waals surface area contributed by atoms with Gasteiger partial charge in [-0.3, -0.25) is 19.0 Å². The predicted octanol–water partition coefficient (Wildman–Crippen LogP) is 1.47. The second-order valence-electron chi connectivity index (χ2n) is 5.94. The monoisotopic (exact) mass is 348 g/mol. The summed E-state index contributed by atoms with van der Waals surface area (Å²) in [6, 6.07) is 3.92. The molecule has 1 aliphatic rings. The Morgan fingerprint density at radius 3 is 2.75 bits per heavy atom. The molecule has 3 rings (SSSR count). The first-order valence-electron chi connectivity index (χ1n) is 7.31. The van der Waals surface area contributed by atoms with Gasteiger partial charge >= 0.3 is 0 Å². The number of ketones is 1. The van der Waals surface area contributed by atoms with Gasteiger partial charge < -0.3 is 5.32 Å². The molecule has 0 bridgehead atoms. The van der Waals surface area contributed by atoms with E-state index in [1.165, 1.54) is 24.4 Å². The lowest BCUT2D eigenvalue weighted by atomic mass is 10.1. The number of aromatic nitrogens is 2. The number of sulfonamides is 1.